The molecule has 2 aliphatic rings. The second-order valence-electron chi connectivity index (χ2n) is 7.54. The van der Waals surface area contributed by atoms with E-state index >= 15 is 0 Å². The van der Waals surface area contributed by atoms with Crippen LogP contribution in [0.4, 0.5) is 4.39 Å². The number of piperazine rings is 1. The van der Waals surface area contributed by atoms with E-state index in [0.717, 1.165) is 49.4 Å². The Balaban J connectivity index is 1.48. The Hall–Kier alpha value is -2.87. The van der Waals surface area contributed by atoms with Crippen molar-refractivity contribution in [1.29, 1.82) is 0 Å². The summed E-state index contributed by atoms with van der Waals surface area (Å²) < 4.78 is 19.4. The lowest BCUT2D eigenvalue weighted by Gasteiger charge is -2.38. The van der Waals surface area contributed by atoms with E-state index in [1.54, 1.807) is 11.9 Å². The molecule has 4 rings (SSSR count). The average Bonchev–Trinajstić information content (AvgIpc) is 2.73. The third kappa shape index (κ3) is 3.72. The van der Waals surface area contributed by atoms with Gasteiger partial charge >= 0.3 is 5.56 Å². The molecule has 0 aliphatic carbocycles. The quantitative estimate of drug-likeness (QED) is 0.794. The summed E-state index contributed by atoms with van der Waals surface area (Å²) in [5.41, 5.74) is 3.98. The highest BCUT2D eigenvalue weighted by Crippen LogP contribution is 2.24. The van der Waals surface area contributed by atoms with E-state index in [9.17, 15) is 9.18 Å². The van der Waals surface area contributed by atoms with Gasteiger partial charge in [0, 0.05) is 46.3 Å². The Bertz CT molecular complexity index is 1040. The van der Waals surface area contributed by atoms with Gasteiger partial charge in [0.15, 0.2) is 0 Å². The first-order valence-corrected chi connectivity index (χ1v) is 9.79. The van der Waals surface area contributed by atoms with Crippen molar-refractivity contribution in [2.45, 2.75) is 13.5 Å². The normalized spacial score (nSPS) is 18.1. The first kappa shape index (κ1) is 19.4. The number of benzene rings is 1. The number of methoxy groups -OCH3 is 1. The maximum atomic E-state index is 14.4. The predicted molar refractivity (Wildman–Crippen MR) is 110 cm³/mol. The van der Waals surface area contributed by atoms with E-state index in [-0.39, 0.29) is 17.4 Å². The second-order valence-corrected chi connectivity index (χ2v) is 7.54. The number of aromatic amines is 1. The minimum absolute atomic E-state index is 0.0738. The molecule has 154 valence electrons. The van der Waals surface area contributed by atoms with Crippen LogP contribution in [0.1, 0.15) is 11.1 Å². The Morgan fingerprint density at radius 1 is 1.24 bits per heavy atom. The standard InChI is InChI=1S/C21H26FN5O2/c1-14-15(6-7-16-18(14)24-20(28)21(23-16)29-3)13-26-9-11-27(12-10-26)17-5-4-8-25(2)19(17)22/h4-7H,8-13H2,1-3H3,(H,24,28). The van der Waals surface area contributed by atoms with Crippen LogP contribution in [0.5, 0.6) is 5.88 Å². The summed E-state index contributed by atoms with van der Waals surface area (Å²) in [6.07, 6.45) is 3.88. The van der Waals surface area contributed by atoms with Gasteiger partial charge in [0.1, 0.15) is 0 Å². The molecule has 0 spiro atoms. The van der Waals surface area contributed by atoms with Gasteiger partial charge in [0.25, 0.3) is 5.88 Å². The van der Waals surface area contributed by atoms with Gasteiger partial charge in [-0.25, -0.2) is 4.98 Å². The SMILES string of the molecule is COc1nc2ccc(CN3CCN(C4=C(F)N(C)CC=C4)CC3)c(C)c2[nH]c1=O. The van der Waals surface area contributed by atoms with Gasteiger partial charge in [-0.2, -0.15) is 4.39 Å². The largest absolute Gasteiger partial charge is 0.477 e. The number of hydrogen-bond donors (Lipinski definition) is 1. The zero-order valence-corrected chi connectivity index (χ0v) is 17.0. The minimum Gasteiger partial charge on any atom is -0.477 e. The zero-order chi connectivity index (χ0) is 20.5. The Kier molecular flexibility index (Phi) is 5.27. The van der Waals surface area contributed by atoms with Crippen LogP contribution in [0.25, 0.3) is 11.0 Å². The molecule has 29 heavy (non-hydrogen) atoms. The minimum atomic E-state index is -0.324. The van der Waals surface area contributed by atoms with Crippen LogP contribution in [0.15, 0.2) is 40.7 Å². The summed E-state index contributed by atoms with van der Waals surface area (Å²) in [6, 6.07) is 3.96. The zero-order valence-electron chi connectivity index (χ0n) is 17.0. The first-order valence-electron chi connectivity index (χ1n) is 9.79. The van der Waals surface area contributed by atoms with Crippen LogP contribution in [0.2, 0.25) is 0 Å². The third-order valence-corrected chi connectivity index (χ3v) is 5.71. The topological polar surface area (TPSA) is 64.7 Å². The molecule has 1 aromatic carbocycles. The lowest BCUT2D eigenvalue weighted by Crippen LogP contribution is -2.46. The van der Waals surface area contributed by atoms with E-state index in [1.807, 2.05) is 25.1 Å². The number of fused-ring (bicyclic) bond motifs is 1. The van der Waals surface area contributed by atoms with Crippen LogP contribution < -0.4 is 10.3 Å². The Morgan fingerprint density at radius 2 is 2.00 bits per heavy atom. The molecule has 0 saturated carbocycles. The molecule has 2 aromatic rings. The van der Waals surface area contributed by atoms with E-state index in [0.29, 0.717) is 17.8 Å². The van der Waals surface area contributed by atoms with Crippen LogP contribution >= 0.6 is 0 Å². The van der Waals surface area contributed by atoms with E-state index < -0.39 is 0 Å². The molecule has 1 fully saturated rings. The molecular formula is C21H26FN5O2. The van der Waals surface area contributed by atoms with Crippen molar-refractivity contribution >= 4 is 11.0 Å². The molecule has 8 heteroatoms. The Morgan fingerprint density at radius 3 is 2.72 bits per heavy atom. The number of ether oxygens (including phenoxy) is 1. The van der Waals surface area contributed by atoms with E-state index in [1.165, 1.54) is 7.11 Å². The maximum Gasteiger partial charge on any atom is 0.311 e. The number of halogens is 1. The highest BCUT2D eigenvalue weighted by atomic mass is 19.1. The number of nitrogens with one attached hydrogen (secondary N) is 1. The number of allylic oxidation sites excluding steroid dienone is 1. The number of rotatable bonds is 4. The van der Waals surface area contributed by atoms with Crippen LogP contribution in [-0.2, 0) is 6.54 Å². The highest BCUT2D eigenvalue weighted by molar-refractivity contribution is 5.79. The molecule has 0 atom stereocenters. The molecule has 1 N–H and O–H groups in total. The number of aryl methyl sites for hydroxylation is 1. The number of hydrogen-bond acceptors (Lipinski definition) is 6. The highest BCUT2D eigenvalue weighted by Gasteiger charge is 2.23. The summed E-state index contributed by atoms with van der Waals surface area (Å²) in [5, 5.41) is 0. The molecule has 1 aromatic heterocycles. The van der Waals surface area contributed by atoms with Crippen molar-refractivity contribution in [3.05, 3.63) is 57.4 Å². The van der Waals surface area contributed by atoms with Gasteiger partial charge in [-0.3, -0.25) is 9.69 Å². The van der Waals surface area contributed by atoms with Gasteiger partial charge in [0.2, 0.25) is 5.95 Å². The molecule has 0 radical (unpaired) electrons. The summed E-state index contributed by atoms with van der Waals surface area (Å²) in [4.78, 5) is 25.3. The molecule has 0 bridgehead atoms. The molecule has 0 unspecified atom stereocenters. The van der Waals surface area contributed by atoms with Gasteiger partial charge in [-0.05, 0) is 30.2 Å². The predicted octanol–water partition coefficient (Wildman–Crippen LogP) is 2.00. The molecule has 0 amide bonds. The Labute approximate surface area is 169 Å². The number of nitrogens with zero attached hydrogens (tertiary/aromatic N) is 4. The van der Waals surface area contributed by atoms with Crippen molar-refractivity contribution in [3.8, 4) is 5.88 Å². The van der Waals surface area contributed by atoms with Gasteiger partial charge < -0.3 is 19.5 Å². The molecule has 7 nitrogen and oxygen atoms in total. The number of aromatic nitrogens is 2. The van der Waals surface area contributed by atoms with Crippen LogP contribution in [-0.4, -0.2) is 71.5 Å². The average molecular weight is 399 g/mol. The lowest BCUT2D eigenvalue weighted by atomic mass is 10.1. The molecule has 1 saturated heterocycles. The van der Waals surface area contributed by atoms with Gasteiger partial charge in [-0.1, -0.05) is 12.1 Å². The summed E-state index contributed by atoms with van der Waals surface area (Å²) >= 11 is 0. The fraction of sp³-hybridized carbons (Fsp3) is 0.429. The monoisotopic (exact) mass is 399 g/mol. The maximum absolute atomic E-state index is 14.4. The fourth-order valence-electron chi connectivity index (χ4n) is 3.92. The summed E-state index contributed by atoms with van der Waals surface area (Å²) in [5.74, 6) is -0.0806. The molecule has 3 heterocycles. The van der Waals surface area contributed by atoms with Crippen molar-refractivity contribution in [2.75, 3.05) is 46.9 Å². The van der Waals surface area contributed by atoms with Gasteiger partial charge in [-0.15, -0.1) is 0 Å². The number of likely N-dealkylation sites (N-methyl/N-ethyl adjacent to an activating group) is 1. The smallest absolute Gasteiger partial charge is 0.311 e. The van der Waals surface area contributed by atoms with Crippen molar-refractivity contribution in [2.24, 2.45) is 0 Å². The first-order chi connectivity index (χ1) is 14.0. The third-order valence-electron chi connectivity index (χ3n) is 5.71. The van der Waals surface area contributed by atoms with E-state index in [2.05, 4.69) is 25.8 Å². The summed E-state index contributed by atoms with van der Waals surface area (Å²) in [7, 11) is 3.21. The van der Waals surface area contributed by atoms with Crippen molar-refractivity contribution < 1.29 is 9.13 Å². The van der Waals surface area contributed by atoms with Crippen LogP contribution in [0.3, 0.4) is 0 Å². The fourth-order valence-corrected chi connectivity index (χ4v) is 3.92. The van der Waals surface area contributed by atoms with Gasteiger partial charge in [0.05, 0.1) is 23.8 Å². The second kappa shape index (κ2) is 7.87. The number of H-pyrrole nitrogens is 1. The molecule has 2 aliphatic heterocycles. The molecular weight excluding hydrogens is 373 g/mol. The van der Waals surface area contributed by atoms with Crippen LogP contribution in [0, 0.1) is 6.92 Å². The summed E-state index contributed by atoms with van der Waals surface area (Å²) in [6.45, 7) is 6.65. The lowest BCUT2D eigenvalue weighted by molar-refractivity contribution is 0.147. The van der Waals surface area contributed by atoms with E-state index in [4.69, 9.17) is 4.74 Å². The van der Waals surface area contributed by atoms with Crippen molar-refractivity contribution in [1.82, 2.24) is 24.7 Å². The van der Waals surface area contributed by atoms with Crippen molar-refractivity contribution in [3.63, 3.8) is 0 Å².